The van der Waals surface area contributed by atoms with Gasteiger partial charge in [-0.1, -0.05) is 6.92 Å². The lowest BCUT2D eigenvalue weighted by molar-refractivity contribution is -0.686. The van der Waals surface area contributed by atoms with Crippen molar-refractivity contribution < 1.29 is 14.4 Å². The molecule has 84 valence electrons. The van der Waals surface area contributed by atoms with Gasteiger partial charge in [-0.05, 0) is 37.6 Å². The first kappa shape index (κ1) is 12.0. The first-order chi connectivity index (χ1) is 7.22. The molecule has 0 unspecified atom stereocenters. The average Bonchev–Trinajstić information content (AvgIpc) is 2.26. The third-order valence-corrected chi connectivity index (χ3v) is 2.41. The van der Waals surface area contributed by atoms with E-state index in [0.717, 1.165) is 18.7 Å². The highest BCUT2D eigenvalue weighted by Gasteiger charge is 2.00. The molecular formula is C12H19FNO+. The van der Waals surface area contributed by atoms with Crippen molar-refractivity contribution in [2.45, 2.75) is 26.3 Å². The Morgan fingerprint density at radius 2 is 2.00 bits per heavy atom. The summed E-state index contributed by atoms with van der Waals surface area (Å²) in [6.45, 7) is 5.96. The van der Waals surface area contributed by atoms with Crippen molar-refractivity contribution >= 4 is 0 Å². The van der Waals surface area contributed by atoms with E-state index in [9.17, 15) is 4.39 Å². The Kier molecular flexibility index (Phi) is 5.12. The first-order valence-corrected chi connectivity index (χ1v) is 5.44. The van der Waals surface area contributed by atoms with Crippen LogP contribution in [0.5, 0.6) is 5.75 Å². The fourth-order valence-electron chi connectivity index (χ4n) is 1.23. The number of rotatable bonds is 6. The molecule has 0 fully saturated rings. The van der Waals surface area contributed by atoms with E-state index in [0.29, 0.717) is 12.6 Å². The third-order valence-electron chi connectivity index (χ3n) is 2.41. The Morgan fingerprint density at radius 1 is 1.33 bits per heavy atom. The normalized spacial score (nSPS) is 12.5. The summed E-state index contributed by atoms with van der Waals surface area (Å²) in [4.78, 5) is 0. The van der Waals surface area contributed by atoms with Gasteiger partial charge in [-0.15, -0.1) is 0 Å². The Morgan fingerprint density at radius 3 is 2.60 bits per heavy atom. The highest BCUT2D eigenvalue weighted by Crippen LogP contribution is 2.10. The van der Waals surface area contributed by atoms with E-state index in [1.807, 2.05) is 0 Å². The molecule has 15 heavy (non-hydrogen) atoms. The van der Waals surface area contributed by atoms with Crippen LogP contribution in [0.25, 0.3) is 0 Å². The molecule has 0 aliphatic carbocycles. The molecule has 2 nitrogen and oxygen atoms in total. The van der Waals surface area contributed by atoms with Crippen LogP contribution in [0.4, 0.5) is 4.39 Å². The summed E-state index contributed by atoms with van der Waals surface area (Å²) < 4.78 is 18.0. The number of ether oxygens (including phenoxy) is 1. The van der Waals surface area contributed by atoms with Crippen LogP contribution in [-0.4, -0.2) is 19.2 Å². The summed E-state index contributed by atoms with van der Waals surface area (Å²) in [5.41, 5.74) is 0. The molecule has 1 rings (SSSR count). The quantitative estimate of drug-likeness (QED) is 0.712. The van der Waals surface area contributed by atoms with Gasteiger partial charge in [0.2, 0.25) is 0 Å². The average molecular weight is 212 g/mol. The summed E-state index contributed by atoms with van der Waals surface area (Å²) in [7, 11) is 0. The van der Waals surface area contributed by atoms with Crippen LogP contribution in [0.2, 0.25) is 0 Å². The monoisotopic (exact) mass is 212 g/mol. The van der Waals surface area contributed by atoms with E-state index in [-0.39, 0.29) is 5.82 Å². The summed E-state index contributed by atoms with van der Waals surface area (Å²) in [6, 6.07) is 6.76. The van der Waals surface area contributed by atoms with Crippen LogP contribution in [0.3, 0.4) is 0 Å². The largest absolute Gasteiger partial charge is 0.488 e. The topological polar surface area (TPSA) is 25.8 Å². The van der Waals surface area contributed by atoms with E-state index in [4.69, 9.17) is 4.74 Å². The molecule has 0 aromatic heterocycles. The lowest BCUT2D eigenvalue weighted by Crippen LogP contribution is -2.90. The molecule has 0 saturated carbocycles. The maximum absolute atomic E-state index is 12.6. The summed E-state index contributed by atoms with van der Waals surface area (Å²) in [5.74, 6) is 0.502. The minimum atomic E-state index is -0.228. The first-order valence-electron chi connectivity index (χ1n) is 5.44. The van der Waals surface area contributed by atoms with E-state index in [1.54, 1.807) is 12.1 Å². The highest BCUT2D eigenvalue weighted by molar-refractivity contribution is 5.21. The minimum Gasteiger partial charge on any atom is -0.488 e. The Labute approximate surface area is 90.4 Å². The van der Waals surface area contributed by atoms with Crippen molar-refractivity contribution in [3.05, 3.63) is 30.1 Å². The van der Waals surface area contributed by atoms with Gasteiger partial charge in [-0.3, -0.25) is 0 Å². The molecule has 0 amide bonds. The highest BCUT2D eigenvalue weighted by atomic mass is 19.1. The maximum Gasteiger partial charge on any atom is 0.137 e. The molecule has 0 radical (unpaired) electrons. The SMILES string of the molecule is CC[C@H](C)[NH2+]CCOc1ccc(F)cc1. The summed E-state index contributed by atoms with van der Waals surface area (Å²) in [5, 5.41) is 2.25. The van der Waals surface area contributed by atoms with E-state index < -0.39 is 0 Å². The number of quaternary nitrogens is 1. The lowest BCUT2D eigenvalue weighted by atomic mass is 10.3. The van der Waals surface area contributed by atoms with Crippen molar-refractivity contribution in [2.75, 3.05) is 13.2 Å². The molecule has 0 aliphatic rings. The second kappa shape index (κ2) is 6.40. The summed E-state index contributed by atoms with van der Waals surface area (Å²) in [6.07, 6.45) is 1.16. The molecule has 0 aliphatic heterocycles. The third kappa shape index (κ3) is 4.79. The zero-order chi connectivity index (χ0) is 11.1. The van der Waals surface area contributed by atoms with E-state index in [2.05, 4.69) is 19.2 Å². The Hall–Kier alpha value is -1.09. The van der Waals surface area contributed by atoms with E-state index in [1.165, 1.54) is 12.1 Å². The Bertz CT molecular complexity index is 273. The van der Waals surface area contributed by atoms with Crippen LogP contribution in [0.15, 0.2) is 24.3 Å². The number of hydrogen-bond acceptors (Lipinski definition) is 1. The van der Waals surface area contributed by atoms with Crippen molar-refractivity contribution in [3.8, 4) is 5.75 Å². The molecule has 0 bridgehead atoms. The van der Waals surface area contributed by atoms with Gasteiger partial charge < -0.3 is 10.1 Å². The molecule has 3 heteroatoms. The molecule has 2 N–H and O–H groups in total. The minimum absolute atomic E-state index is 0.228. The molecular weight excluding hydrogens is 193 g/mol. The van der Waals surface area contributed by atoms with Crippen molar-refractivity contribution in [3.63, 3.8) is 0 Å². The van der Waals surface area contributed by atoms with Crippen LogP contribution in [0, 0.1) is 5.82 Å². The zero-order valence-corrected chi connectivity index (χ0v) is 9.37. The predicted octanol–water partition coefficient (Wildman–Crippen LogP) is 1.57. The molecule has 1 aromatic carbocycles. The van der Waals surface area contributed by atoms with Gasteiger partial charge in [0, 0.05) is 0 Å². The van der Waals surface area contributed by atoms with Crippen molar-refractivity contribution in [1.29, 1.82) is 0 Å². The standard InChI is InChI=1S/C12H18FNO/c1-3-10(2)14-8-9-15-12-6-4-11(13)5-7-12/h4-7,10,14H,3,8-9H2,1-2H3/p+1/t10-/m0/s1. The van der Waals surface area contributed by atoms with Gasteiger partial charge in [0.25, 0.3) is 0 Å². The Balaban J connectivity index is 2.17. The van der Waals surface area contributed by atoms with Crippen LogP contribution >= 0.6 is 0 Å². The number of nitrogens with two attached hydrogens (primary N) is 1. The zero-order valence-electron chi connectivity index (χ0n) is 9.37. The van der Waals surface area contributed by atoms with Crippen molar-refractivity contribution in [1.82, 2.24) is 0 Å². The van der Waals surface area contributed by atoms with Gasteiger partial charge in [-0.25, -0.2) is 4.39 Å². The number of halogens is 1. The lowest BCUT2D eigenvalue weighted by Gasteiger charge is -2.09. The number of benzene rings is 1. The molecule has 0 saturated heterocycles. The van der Waals surface area contributed by atoms with Gasteiger partial charge in [-0.2, -0.15) is 0 Å². The maximum atomic E-state index is 12.6. The molecule has 1 aromatic rings. The summed E-state index contributed by atoms with van der Waals surface area (Å²) >= 11 is 0. The fourth-order valence-corrected chi connectivity index (χ4v) is 1.23. The van der Waals surface area contributed by atoms with Gasteiger partial charge in [0.15, 0.2) is 0 Å². The van der Waals surface area contributed by atoms with E-state index >= 15 is 0 Å². The van der Waals surface area contributed by atoms with Gasteiger partial charge >= 0.3 is 0 Å². The van der Waals surface area contributed by atoms with Gasteiger partial charge in [0.1, 0.15) is 24.7 Å². The second-order valence-electron chi connectivity index (χ2n) is 3.71. The molecule has 0 heterocycles. The second-order valence-corrected chi connectivity index (χ2v) is 3.71. The predicted molar refractivity (Wildman–Crippen MR) is 58.4 cm³/mol. The van der Waals surface area contributed by atoms with Crippen molar-refractivity contribution in [2.24, 2.45) is 0 Å². The van der Waals surface area contributed by atoms with Gasteiger partial charge in [0.05, 0.1) is 6.04 Å². The molecule has 0 spiro atoms. The number of hydrogen-bond donors (Lipinski definition) is 1. The fraction of sp³-hybridized carbons (Fsp3) is 0.500. The van der Waals surface area contributed by atoms with Crippen LogP contribution < -0.4 is 10.1 Å². The molecule has 1 atom stereocenters. The van der Waals surface area contributed by atoms with Crippen LogP contribution in [0.1, 0.15) is 20.3 Å². The van der Waals surface area contributed by atoms with Crippen LogP contribution in [-0.2, 0) is 0 Å². The smallest absolute Gasteiger partial charge is 0.137 e.